The number of hydrogen-bond donors (Lipinski definition) is 0. The maximum Gasteiger partial charge on any atom is 0.310 e. The highest BCUT2D eigenvalue weighted by atomic mass is 16.5. The lowest BCUT2D eigenvalue weighted by Crippen LogP contribution is -2.42. The lowest BCUT2D eigenvalue weighted by molar-refractivity contribution is -0.150. The zero-order valence-corrected chi connectivity index (χ0v) is 13.2. The van der Waals surface area contributed by atoms with Crippen molar-refractivity contribution in [2.45, 2.75) is 19.8 Å². The van der Waals surface area contributed by atoms with Gasteiger partial charge < -0.3 is 9.64 Å². The summed E-state index contributed by atoms with van der Waals surface area (Å²) in [6.07, 6.45) is 4.80. The molecule has 1 fully saturated rings. The van der Waals surface area contributed by atoms with E-state index in [1.807, 2.05) is 0 Å². The number of benzene rings is 1. The Labute approximate surface area is 136 Å². The van der Waals surface area contributed by atoms with Crippen LogP contribution in [0.15, 0.2) is 30.3 Å². The molecule has 0 N–H and O–H groups in total. The lowest BCUT2D eigenvalue weighted by Gasteiger charge is -2.30. The minimum absolute atomic E-state index is 0.108. The van der Waals surface area contributed by atoms with Gasteiger partial charge in [0.1, 0.15) is 0 Å². The standard InChI is InChI=1S/C18H20N2O3/c1-2-23-18(22)16-4-3-11-20(13-16)17(21)10-9-14-5-7-15(12-19)8-6-14/h5-10,16H,2-4,11,13H2,1H3/b10-9+. The SMILES string of the molecule is CCOC(=O)C1CCCN(C(=O)/C=C/c2ccc(C#N)cc2)C1. The highest BCUT2D eigenvalue weighted by Crippen LogP contribution is 2.18. The van der Waals surface area contributed by atoms with Gasteiger partial charge in [0, 0.05) is 19.2 Å². The molecule has 1 heterocycles. The van der Waals surface area contributed by atoms with Crippen LogP contribution < -0.4 is 0 Å². The average molecular weight is 312 g/mol. The molecule has 1 aromatic rings. The molecule has 1 atom stereocenters. The highest BCUT2D eigenvalue weighted by molar-refractivity contribution is 5.92. The zero-order chi connectivity index (χ0) is 16.7. The van der Waals surface area contributed by atoms with Gasteiger partial charge in [0.05, 0.1) is 24.2 Å². The number of carbonyl (C=O) groups is 2. The number of piperidine rings is 1. The molecule has 23 heavy (non-hydrogen) atoms. The van der Waals surface area contributed by atoms with E-state index in [4.69, 9.17) is 10.00 Å². The highest BCUT2D eigenvalue weighted by Gasteiger charge is 2.28. The molecule has 0 radical (unpaired) electrons. The number of likely N-dealkylation sites (tertiary alicyclic amines) is 1. The average Bonchev–Trinajstić information content (AvgIpc) is 2.60. The number of esters is 1. The van der Waals surface area contributed by atoms with Crippen LogP contribution in [-0.4, -0.2) is 36.5 Å². The Morgan fingerprint density at radius 1 is 1.39 bits per heavy atom. The summed E-state index contributed by atoms with van der Waals surface area (Å²) in [6.45, 7) is 3.22. The Morgan fingerprint density at radius 3 is 2.78 bits per heavy atom. The van der Waals surface area contributed by atoms with E-state index in [0.717, 1.165) is 18.4 Å². The first-order valence-electron chi connectivity index (χ1n) is 7.78. The Hall–Kier alpha value is -2.61. The largest absolute Gasteiger partial charge is 0.466 e. The lowest BCUT2D eigenvalue weighted by atomic mass is 9.98. The van der Waals surface area contributed by atoms with Gasteiger partial charge in [-0.3, -0.25) is 9.59 Å². The van der Waals surface area contributed by atoms with E-state index < -0.39 is 0 Å². The van der Waals surface area contributed by atoms with E-state index in [1.54, 1.807) is 42.2 Å². The van der Waals surface area contributed by atoms with E-state index in [2.05, 4.69) is 6.07 Å². The summed E-state index contributed by atoms with van der Waals surface area (Å²) in [6, 6.07) is 9.06. The van der Waals surface area contributed by atoms with Crippen LogP contribution in [0.3, 0.4) is 0 Å². The molecule has 0 aliphatic carbocycles. The second-order valence-electron chi connectivity index (χ2n) is 5.44. The molecule has 5 nitrogen and oxygen atoms in total. The molecule has 0 aromatic heterocycles. The van der Waals surface area contributed by atoms with Gasteiger partial charge in [-0.2, -0.15) is 5.26 Å². The predicted molar refractivity (Wildman–Crippen MR) is 86.1 cm³/mol. The number of ether oxygens (including phenoxy) is 1. The van der Waals surface area contributed by atoms with Gasteiger partial charge in [-0.15, -0.1) is 0 Å². The maximum atomic E-state index is 12.3. The smallest absolute Gasteiger partial charge is 0.310 e. The third kappa shape index (κ3) is 4.68. The number of rotatable bonds is 4. The molecule has 0 saturated carbocycles. The van der Waals surface area contributed by atoms with Crippen molar-refractivity contribution in [3.05, 3.63) is 41.5 Å². The van der Waals surface area contributed by atoms with Crippen LogP contribution in [-0.2, 0) is 14.3 Å². The van der Waals surface area contributed by atoms with Crippen molar-refractivity contribution in [1.29, 1.82) is 5.26 Å². The predicted octanol–water partition coefficient (Wildman–Crippen LogP) is 2.37. The summed E-state index contributed by atoms with van der Waals surface area (Å²) >= 11 is 0. The molecule has 1 unspecified atom stereocenters. The Kier molecular flexibility index (Phi) is 5.93. The molecule has 1 saturated heterocycles. The first-order chi connectivity index (χ1) is 11.1. The molecular formula is C18H20N2O3. The second-order valence-corrected chi connectivity index (χ2v) is 5.44. The van der Waals surface area contributed by atoms with Gasteiger partial charge in [0.25, 0.3) is 0 Å². The maximum absolute atomic E-state index is 12.3. The quantitative estimate of drug-likeness (QED) is 0.632. The van der Waals surface area contributed by atoms with Gasteiger partial charge >= 0.3 is 5.97 Å². The van der Waals surface area contributed by atoms with E-state index in [1.165, 1.54) is 6.08 Å². The van der Waals surface area contributed by atoms with Crippen LogP contribution in [0.5, 0.6) is 0 Å². The summed E-state index contributed by atoms with van der Waals surface area (Å²) in [7, 11) is 0. The summed E-state index contributed by atoms with van der Waals surface area (Å²) in [5.74, 6) is -0.555. The van der Waals surface area contributed by atoms with E-state index in [9.17, 15) is 9.59 Å². The van der Waals surface area contributed by atoms with E-state index in [-0.39, 0.29) is 17.8 Å². The molecule has 120 valence electrons. The Balaban J connectivity index is 1.95. The van der Waals surface area contributed by atoms with Gasteiger partial charge in [-0.25, -0.2) is 0 Å². The van der Waals surface area contributed by atoms with E-state index >= 15 is 0 Å². The van der Waals surface area contributed by atoms with Crippen molar-refractivity contribution >= 4 is 18.0 Å². The number of carbonyl (C=O) groups excluding carboxylic acids is 2. The molecule has 2 rings (SSSR count). The Bertz CT molecular complexity index is 629. The first-order valence-corrected chi connectivity index (χ1v) is 7.78. The molecule has 0 spiro atoms. The fourth-order valence-corrected chi connectivity index (χ4v) is 2.57. The fraction of sp³-hybridized carbons (Fsp3) is 0.389. The molecule has 1 aliphatic rings. The third-order valence-electron chi connectivity index (χ3n) is 3.81. The number of amides is 1. The van der Waals surface area contributed by atoms with E-state index in [0.29, 0.717) is 25.3 Å². The van der Waals surface area contributed by atoms with Crippen molar-refractivity contribution < 1.29 is 14.3 Å². The summed E-state index contributed by atoms with van der Waals surface area (Å²) in [5, 5.41) is 8.76. The summed E-state index contributed by atoms with van der Waals surface area (Å²) in [4.78, 5) is 25.7. The topological polar surface area (TPSA) is 70.4 Å². The number of nitriles is 1. The van der Waals surface area contributed by atoms with Crippen LogP contribution in [0, 0.1) is 17.2 Å². The molecule has 1 aliphatic heterocycles. The molecule has 0 bridgehead atoms. The third-order valence-corrected chi connectivity index (χ3v) is 3.81. The summed E-state index contributed by atoms with van der Waals surface area (Å²) < 4.78 is 5.04. The van der Waals surface area contributed by atoms with Crippen LogP contribution >= 0.6 is 0 Å². The minimum atomic E-state index is -0.226. The van der Waals surface area contributed by atoms with Gasteiger partial charge in [-0.05, 0) is 43.5 Å². The molecule has 5 heteroatoms. The van der Waals surface area contributed by atoms with Crippen molar-refractivity contribution in [2.24, 2.45) is 5.92 Å². The monoisotopic (exact) mass is 312 g/mol. The van der Waals surface area contributed by atoms with Crippen LogP contribution in [0.25, 0.3) is 6.08 Å². The fourth-order valence-electron chi connectivity index (χ4n) is 2.57. The minimum Gasteiger partial charge on any atom is -0.466 e. The zero-order valence-electron chi connectivity index (χ0n) is 13.2. The number of nitrogens with zero attached hydrogens (tertiary/aromatic N) is 2. The molecular weight excluding hydrogens is 292 g/mol. The van der Waals surface area contributed by atoms with Gasteiger partial charge in [0.15, 0.2) is 0 Å². The van der Waals surface area contributed by atoms with Crippen LogP contribution in [0.1, 0.15) is 30.9 Å². The Morgan fingerprint density at radius 2 is 2.13 bits per heavy atom. The van der Waals surface area contributed by atoms with Crippen molar-refractivity contribution in [1.82, 2.24) is 4.90 Å². The van der Waals surface area contributed by atoms with Crippen LogP contribution in [0.4, 0.5) is 0 Å². The van der Waals surface area contributed by atoms with Crippen LogP contribution in [0.2, 0.25) is 0 Å². The second kappa shape index (κ2) is 8.14. The molecule has 1 amide bonds. The van der Waals surface area contributed by atoms with Crippen molar-refractivity contribution in [2.75, 3.05) is 19.7 Å². The summed E-state index contributed by atoms with van der Waals surface area (Å²) in [5.41, 5.74) is 1.44. The van der Waals surface area contributed by atoms with Gasteiger partial charge in [-0.1, -0.05) is 12.1 Å². The molecule has 1 aromatic carbocycles. The number of hydrogen-bond acceptors (Lipinski definition) is 4. The van der Waals surface area contributed by atoms with Crippen molar-refractivity contribution in [3.8, 4) is 6.07 Å². The normalized spacial score (nSPS) is 17.7. The van der Waals surface area contributed by atoms with Gasteiger partial charge in [0.2, 0.25) is 5.91 Å². The first kappa shape index (κ1) is 16.8. The van der Waals surface area contributed by atoms with Crippen molar-refractivity contribution in [3.63, 3.8) is 0 Å².